The highest BCUT2D eigenvalue weighted by atomic mass is 16.1. The molecule has 1 aromatic carbocycles. The zero-order valence-corrected chi connectivity index (χ0v) is 12.3. The van der Waals surface area contributed by atoms with Crippen molar-refractivity contribution >= 4 is 5.91 Å². The first-order valence-corrected chi connectivity index (χ1v) is 6.94. The van der Waals surface area contributed by atoms with Gasteiger partial charge in [0.05, 0.1) is 12.0 Å². The van der Waals surface area contributed by atoms with Gasteiger partial charge in [-0.25, -0.2) is 4.98 Å². The van der Waals surface area contributed by atoms with Crippen LogP contribution in [-0.2, 0) is 6.54 Å². The van der Waals surface area contributed by atoms with Crippen molar-refractivity contribution in [3.63, 3.8) is 0 Å². The molecule has 1 amide bonds. The van der Waals surface area contributed by atoms with Crippen molar-refractivity contribution in [2.45, 2.75) is 33.2 Å². The van der Waals surface area contributed by atoms with Crippen LogP contribution in [0.15, 0.2) is 36.7 Å². The zero-order valence-electron chi connectivity index (χ0n) is 12.3. The van der Waals surface area contributed by atoms with Gasteiger partial charge in [0.1, 0.15) is 0 Å². The van der Waals surface area contributed by atoms with Crippen LogP contribution in [0.4, 0.5) is 0 Å². The van der Waals surface area contributed by atoms with Crippen LogP contribution in [0.3, 0.4) is 0 Å². The number of hydrogen-bond acceptors (Lipinski definition) is 2. The first-order valence-electron chi connectivity index (χ1n) is 6.94. The summed E-state index contributed by atoms with van der Waals surface area (Å²) in [6.07, 6.45) is 1.85. The van der Waals surface area contributed by atoms with Gasteiger partial charge in [-0.05, 0) is 25.0 Å². The molecule has 4 heteroatoms. The minimum atomic E-state index is -0.0348. The number of nitrogens with zero attached hydrogens (tertiary/aromatic N) is 2. The van der Waals surface area contributed by atoms with Gasteiger partial charge in [0.2, 0.25) is 0 Å². The van der Waals surface area contributed by atoms with E-state index in [2.05, 4.69) is 35.6 Å². The summed E-state index contributed by atoms with van der Waals surface area (Å²) in [4.78, 5) is 16.3. The van der Waals surface area contributed by atoms with Crippen molar-refractivity contribution in [3.05, 3.63) is 53.6 Å². The Balaban J connectivity index is 1.89. The second kappa shape index (κ2) is 6.37. The van der Waals surface area contributed by atoms with Crippen LogP contribution >= 0.6 is 0 Å². The van der Waals surface area contributed by atoms with Crippen molar-refractivity contribution in [1.29, 1.82) is 0 Å². The molecule has 106 valence electrons. The average molecular weight is 271 g/mol. The van der Waals surface area contributed by atoms with Gasteiger partial charge >= 0.3 is 0 Å². The van der Waals surface area contributed by atoms with Gasteiger partial charge in [-0.1, -0.05) is 32.0 Å². The van der Waals surface area contributed by atoms with Crippen LogP contribution in [-0.4, -0.2) is 22.0 Å². The standard InChI is InChI=1S/C16H21N3O/c1-12(2)15-13(3)19(11-18-15)10-9-17-16(20)14-7-5-4-6-8-14/h4-8,11-12H,9-10H2,1-3H3,(H,17,20). The number of carbonyl (C=O) groups excluding carboxylic acids is 1. The average Bonchev–Trinajstić information content (AvgIpc) is 2.81. The summed E-state index contributed by atoms with van der Waals surface area (Å²) in [6.45, 7) is 7.68. The minimum Gasteiger partial charge on any atom is -0.350 e. The summed E-state index contributed by atoms with van der Waals surface area (Å²) in [6, 6.07) is 9.26. The minimum absolute atomic E-state index is 0.0348. The van der Waals surface area contributed by atoms with Crippen LogP contribution in [0.1, 0.15) is 41.5 Å². The third-order valence-corrected chi connectivity index (χ3v) is 3.36. The van der Waals surface area contributed by atoms with Gasteiger partial charge in [0.25, 0.3) is 5.91 Å². The molecule has 1 N–H and O–H groups in total. The summed E-state index contributed by atoms with van der Waals surface area (Å²) in [5.41, 5.74) is 2.99. The Hall–Kier alpha value is -2.10. The van der Waals surface area contributed by atoms with E-state index in [4.69, 9.17) is 0 Å². The summed E-state index contributed by atoms with van der Waals surface area (Å²) in [7, 11) is 0. The van der Waals surface area contributed by atoms with Crippen molar-refractivity contribution in [3.8, 4) is 0 Å². The van der Waals surface area contributed by atoms with E-state index in [1.54, 1.807) is 0 Å². The van der Waals surface area contributed by atoms with Gasteiger partial charge in [-0.2, -0.15) is 0 Å². The third-order valence-electron chi connectivity index (χ3n) is 3.36. The lowest BCUT2D eigenvalue weighted by atomic mass is 10.1. The molecule has 0 spiro atoms. The fourth-order valence-electron chi connectivity index (χ4n) is 2.23. The van der Waals surface area contributed by atoms with E-state index >= 15 is 0 Å². The maximum atomic E-state index is 11.9. The quantitative estimate of drug-likeness (QED) is 0.909. The molecule has 2 aromatic rings. The first-order chi connectivity index (χ1) is 9.59. The van der Waals surface area contributed by atoms with Gasteiger partial charge in [0.15, 0.2) is 0 Å². The van der Waals surface area contributed by atoms with Gasteiger partial charge in [-0.15, -0.1) is 0 Å². The van der Waals surface area contributed by atoms with Crippen molar-refractivity contribution < 1.29 is 4.79 Å². The van der Waals surface area contributed by atoms with Gasteiger partial charge in [-0.3, -0.25) is 4.79 Å². The number of nitrogens with one attached hydrogen (secondary N) is 1. The number of rotatable bonds is 5. The van der Waals surface area contributed by atoms with Crippen LogP contribution < -0.4 is 5.32 Å². The Bertz CT molecular complexity index is 573. The maximum Gasteiger partial charge on any atom is 0.251 e. The molecule has 4 nitrogen and oxygen atoms in total. The van der Waals surface area contributed by atoms with Gasteiger partial charge < -0.3 is 9.88 Å². The SMILES string of the molecule is Cc1c(C(C)C)ncn1CCNC(=O)c1ccccc1. The Morgan fingerprint density at radius 1 is 1.30 bits per heavy atom. The van der Waals surface area contributed by atoms with Gasteiger partial charge in [0, 0.05) is 24.3 Å². The highest BCUT2D eigenvalue weighted by Crippen LogP contribution is 2.16. The highest BCUT2D eigenvalue weighted by molar-refractivity contribution is 5.94. The fourth-order valence-corrected chi connectivity index (χ4v) is 2.23. The number of amides is 1. The molecule has 2 rings (SSSR count). The summed E-state index contributed by atoms with van der Waals surface area (Å²) < 4.78 is 2.08. The molecule has 1 heterocycles. The third kappa shape index (κ3) is 3.26. The van der Waals surface area contributed by atoms with Crippen molar-refractivity contribution in [2.24, 2.45) is 0 Å². The molecule has 0 aliphatic carbocycles. The van der Waals surface area contributed by atoms with Crippen molar-refractivity contribution in [1.82, 2.24) is 14.9 Å². The molecule has 0 atom stereocenters. The lowest BCUT2D eigenvalue weighted by molar-refractivity contribution is 0.0952. The molecule has 20 heavy (non-hydrogen) atoms. The predicted molar refractivity (Wildman–Crippen MR) is 79.8 cm³/mol. The second-order valence-corrected chi connectivity index (χ2v) is 5.19. The molecule has 0 aliphatic rings. The number of benzene rings is 1. The summed E-state index contributed by atoms with van der Waals surface area (Å²) >= 11 is 0. The first kappa shape index (κ1) is 14.3. The van der Waals surface area contributed by atoms with E-state index in [0.29, 0.717) is 18.0 Å². The molecule has 0 bridgehead atoms. The van der Waals surface area contributed by atoms with E-state index < -0.39 is 0 Å². The number of imidazole rings is 1. The largest absolute Gasteiger partial charge is 0.350 e. The fraction of sp³-hybridized carbons (Fsp3) is 0.375. The second-order valence-electron chi connectivity index (χ2n) is 5.19. The Labute approximate surface area is 119 Å². The normalized spacial score (nSPS) is 10.8. The smallest absolute Gasteiger partial charge is 0.251 e. The molecule has 0 aliphatic heterocycles. The molecular formula is C16H21N3O. The topological polar surface area (TPSA) is 46.9 Å². The molecule has 0 radical (unpaired) electrons. The van der Waals surface area contributed by atoms with E-state index in [1.807, 2.05) is 36.7 Å². The van der Waals surface area contributed by atoms with Crippen LogP contribution in [0, 0.1) is 6.92 Å². The van der Waals surface area contributed by atoms with E-state index in [0.717, 1.165) is 12.2 Å². The van der Waals surface area contributed by atoms with Crippen molar-refractivity contribution in [2.75, 3.05) is 6.54 Å². The molecule has 0 unspecified atom stereocenters. The summed E-state index contributed by atoms with van der Waals surface area (Å²) in [5, 5.41) is 2.93. The monoisotopic (exact) mass is 271 g/mol. The number of aromatic nitrogens is 2. The lowest BCUT2D eigenvalue weighted by Crippen LogP contribution is -2.27. The predicted octanol–water partition coefficient (Wildman–Crippen LogP) is 2.74. The summed E-state index contributed by atoms with van der Waals surface area (Å²) in [5.74, 6) is 0.391. The highest BCUT2D eigenvalue weighted by Gasteiger charge is 2.10. The Morgan fingerprint density at radius 2 is 2.00 bits per heavy atom. The molecule has 1 aromatic heterocycles. The Morgan fingerprint density at radius 3 is 2.60 bits per heavy atom. The maximum absolute atomic E-state index is 11.9. The number of carbonyl (C=O) groups is 1. The van der Waals surface area contributed by atoms with E-state index in [-0.39, 0.29) is 5.91 Å². The van der Waals surface area contributed by atoms with E-state index in [9.17, 15) is 4.79 Å². The molecule has 0 saturated heterocycles. The zero-order chi connectivity index (χ0) is 14.5. The molecule has 0 saturated carbocycles. The lowest BCUT2D eigenvalue weighted by Gasteiger charge is -2.09. The number of hydrogen-bond donors (Lipinski definition) is 1. The van der Waals surface area contributed by atoms with Crippen LogP contribution in [0.2, 0.25) is 0 Å². The van der Waals surface area contributed by atoms with E-state index in [1.165, 1.54) is 5.69 Å². The molecule has 0 fully saturated rings. The van der Waals surface area contributed by atoms with Crippen LogP contribution in [0.25, 0.3) is 0 Å². The van der Waals surface area contributed by atoms with Crippen LogP contribution in [0.5, 0.6) is 0 Å². The molecular weight excluding hydrogens is 250 g/mol. The Kier molecular flexibility index (Phi) is 4.56.